The Morgan fingerprint density at radius 2 is 1.76 bits per heavy atom. The molecule has 112 valence electrons. The Balaban J connectivity index is 2.35. The molecule has 0 fully saturated rings. The normalized spacial score (nSPS) is 11.3. The van der Waals surface area contributed by atoms with Gasteiger partial charge in [0.15, 0.2) is 5.75 Å². The molecule has 2 aromatic carbocycles. The van der Waals surface area contributed by atoms with Crippen LogP contribution in [0, 0.1) is 3.57 Å². The first-order valence-electron chi connectivity index (χ1n) is 5.62. The summed E-state index contributed by atoms with van der Waals surface area (Å²) in [5, 5.41) is 2.84. The zero-order chi connectivity index (χ0) is 15.6. The SMILES string of the molecule is Nc1cc(I)ccc1Nc1ccc(Br)cc1OC(F)(F)F. The van der Waals surface area contributed by atoms with E-state index < -0.39 is 6.36 Å². The van der Waals surface area contributed by atoms with Crippen LogP contribution in [0.15, 0.2) is 40.9 Å². The summed E-state index contributed by atoms with van der Waals surface area (Å²) in [7, 11) is 0. The topological polar surface area (TPSA) is 47.3 Å². The van der Waals surface area contributed by atoms with E-state index in [0.717, 1.165) is 3.57 Å². The van der Waals surface area contributed by atoms with E-state index >= 15 is 0 Å². The Morgan fingerprint density at radius 1 is 1.10 bits per heavy atom. The summed E-state index contributed by atoms with van der Waals surface area (Å²) in [6.45, 7) is 0. The number of hydrogen-bond acceptors (Lipinski definition) is 3. The summed E-state index contributed by atoms with van der Waals surface area (Å²) in [5.41, 5.74) is 6.94. The van der Waals surface area contributed by atoms with Gasteiger partial charge in [-0.2, -0.15) is 0 Å². The number of nitrogen functional groups attached to an aromatic ring is 1. The van der Waals surface area contributed by atoms with Gasteiger partial charge >= 0.3 is 6.36 Å². The first kappa shape index (κ1) is 16.2. The van der Waals surface area contributed by atoms with Gasteiger partial charge in [0, 0.05) is 8.04 Å². The van der Waals surface area contributed by atoms with Crippen molar-refractivity contribution in [2.45, 2.75) is 6.36 Å². The van der Waals surface area contributed by atoms with Crippen molar-refractivity contribution in [1.82, 2.24) is 0 Å². The monoisotopic (exact) mass is 472 g/mol. The Hall–Kier alpha value is -1.16. The van der Waals surface area contributed by atoms with Crippen LogP contribution in [0.1, 0.15) is 0 Å². The molecule has 0 aliphatic heterocycles. The Bertz CT molecular complexity index is 664. The quantitative estimate of drug-likeness (QED) is 0.472. The first-order valence-corrected chi connectivity index (χ1v) is 7.49. The Morgan fingerprint density at radius 3 is 2.38 bits per heavy atom. The predicted octanol–water partition coefficient (Wildman–Crippen LogP) is 5.28. The molecule has 2 aromatic rings. The van der Waals surface area contributed by atoms with Gasteiger partial charge in [-0.1, -0.05) is 15.9 Å². The van der Waals surface area contributed by atoms with Crippen molar-refractivity contribution in [2.75, 3.05) is 11.1 Å². The van der Waals surface area contributed by atoms with E-state index in [1.807, 2.05) is 0 Å². The van der Waals surface area contributed by atoms with Gasteiger partial charge in [0.05, 0.1) is 17.1 Å². The summed E-state index contributed by atoms with van der Waals surface area (Å²) >= 11 is 5.21. The minimum Gasteiger partial charge on any atom is -0.404 e. The van der Waals surface area contributed by atoms with Crippen molar-refractivity contribution >= 4 is 55.6 Å². The highest BCUT2D eigenvalue weighted by molar-refractivity contribution is 14.1. The molecule has 0 spiro atoms. The largest absolute Gasteiger partial charge is 0.573 e. The number of rotatable bonds is 3. The molecule has 0 saturated carbocycles. The third-order valence-corrected chi connectivity index (χ3v) is 3.62. The second-order valence-corrected chi connectivity index (χ2v) is 6.21. The summed E-state index contributed by atoms with van der Waals surface area (Å²) in [5.74, 6) is -0.338. The number of ether oxygens (including phenoxy) is 1. The minimum absolute atomic E-state index is 0.170. The molecule has 8 heteroatoms. The van der Waals surface area contributed by atoms with Crippen molar-refractivity contribution in [1.29, 1.82) is 0 Å². The van der Waals surface area contributed by atoms with Crippen LogP contribution < -0.4 is 15.8 Å². The van der Waals surface area contributed by atoms with Gasteiger partial charge < -0.3 is 15.8 Å². The lowest BCUT2D eigenvalue weighted by molar-refractivity contribution is -0.274. The number of hydrogen-bond donors (Lipinski definition) is 2. The lowest BCUT2D eigenvalue weighted by Crippen LogP contribution is -2.18. The van der Waals surface area contributed by atoms with Crippen LogP contribution in [-0.2, 0) is 0 Å². The fourth-order valence-corrected chi connectivity index (χ4v) is 2.46. The molecular formula is C13H9BrF3IN2O. The van der Waals surface area contributed by atoms with Gasteiger partial charge in [-0.15, -0.1) is 13.2 Å². The van der Waals surface area contributed by atoms with E-state index in [0.29, 0.717) is 15.8 Å². The number of alkyl halides is 3. The third kappa shape index (κ3) is 4.67. The van der Waals surface area contributed by atoms with E-state index in [-0.39, 0.29) is 11.4 Å². The molecular weight excluding hydrogens is 464 g/mol. The lowest BCUT2D eigenvalue weighted by atomic mass is 10.2. The zero-order valence-corrected chi connectivity index (χ0v) is 14.1. The fraction of sp³-hybridized carbons (Fsp3) is 0.0769. The molecule has 0 unspecified atom stereocenters. The van der Waals surface area contributed by atoms with Crippen molar-refractivity contribution in [3.63, 3.8) is 0 Å². The standard InChI is InChI=1S/C13H9BrF3IN2O/c14-7-1-3-11(12(5-7)21-13(15,16)17)20-10-4-2-8(18)6-9(10)19/h1-6,20H,19H2. The first-order chi connectivity index (χ1) is 9.74. The minimum atomic E-state index is -4.77. The van der Waals surface area contributed by atoms with Gasteiger partial charge in [0.25, 0.3) is 0 Å². The number of halogens is 5. The van der Waals surface area contributed by atoms with Crippen molar-refractivity contribution in [2.24, 2.45) is 0 Å². The number of nitrogens with one attached hydrogen (secondary N) is 1. The average Bonchev–Trinajstić information content (AvgIpc) is 2.33. The fourth-order valence-electron chi connectivity index (χ4n) is 1.60. The van der Waals surface area contributed by atoms with Crippen LogP contribution in [-0.4, -0.2) is 6.36 Å². The molecule has 0 aliphatic carbocycles. The van der Waals surface area contributed by atoms with Crippen LogP contribution in [0.3, 0.4) is 0 Å². The molecule has 0 heterocycles. The van der Waals surface area contributed by atoms with Gasteiger partial charge in [0.1, 0.15) is 0 Å². The maximum atomic E-state index is 12.4. The summed E-state index contributed by atoms with van der Waals surface area (Å²) in [6, 6.07) is 9.51. The third-order valence-electron chi connectivity index (χ3n) is 2.45. The molecule has 0 bridgehead atoms. The van der Waals surface area contributed by atoms with Crippen LogP contribution in [0.25, 0.3) is 0 Å². The molecule has 3 nitrogen and oxygen atoms in total. The summed E-state index contributed by atoms with van der Waals surface area (Å²) in [6.07, 6.45) is -4.77. The summed E-state index contributed by atoms with van der Waals surface area (Å²) < 4.78 is 42.7. The van der Waals surface area contributed by atoms with E-state index in [1.165, 1.54) is 12.1 Å². The highest BCUT2D eigenvalue weighted by Gasteiger charge is 2.32. The van der Waals surface area contributed by atoms with Crippen LogP contribution >= 0.6 is 38.5 Å². The second kappa shape index (κ2) is 6.30. The number of benzene rings is 2. The van der Waals surface area contributed by atoms with Crippen LogP contribution in [0.5, 0.6) is 5.75 Å². The van der Waals surface area contributed by atoms with E-state index in [1.54, 1.807) is 24.3 Å². The molecule has 0 amide bonds. The molecule has 0 aromatic heterocycles. The summed E-state index contributed by atoms with van der Waals surface area (Å²) in [4.78, 5) is 0. The average molecular weight is 473 g/mol. The smallest absolute Gasteiger partial charge is 0.404 e. The zero-order valence-electron chi connectivity index (χ0n) is 10.3. The number of anilines is 3. The van der Waals surface area contributed by atoms with Gasteiger partial charge in [-0.25, -0.2) is 0 Å². The second-order valence-electron chi connectivity index (χ2n) is 4.04. The molecule has 0 atom stereocenters. The molecule has 0 saturated heterocycles. The van der Waals surface area contributed by atoms with E-state index in [9.17, 15) is 13.2 Å². The Kier molecular flexibility index (Phi) is 4.87. The van der Waals surface area contributed by atoms with Gasteiger partial charge in [-0.3, -0.25) is 0 Å². The van der Waals surface area contributed by atoms with Crippen LogP contribution in [0.2, 0.25) is 0 Å². The lowest BCUT2D eigenvalue weighted by Gasteiger charge is -2.16. The number of nitrogens with two attached hydrogens (primary N) is 1. The highest BCUT2D eigenvalue weighted by Crippen LogP contribution is 2.36. The molecule has 0 radical (unpaired) electrons. The van der Waals surface area contributed by atoms with Gasteiger partial charge in [-0.05, 0) is 59.0 Å². The maximum Gasteiger partial charge on any atom is 0.573 e. The maximum absolute atomic E-state index is 12.4. The molecule has 3 N–H and O–H groups in total. The highest BCUT2D eigenvalue weighted by atomic mass is 127. The van der Waals surface area contributed by atoms with Crippen molar-refractivity contribution < 1.29 is 17.9 Å². The molecule has 21 heavy (non-hydrogen) atoms. The predicted molar refractivity (Wildman–Crippen MR) is 87.7 cm³/mol. The van der Waals surface area contributed by atoms with Crippen LogP contribution in [0.4, 0.5) is 30.2 Å². The van der Waals surface area contributed by atoms with E-state index in [2.05, 4.69) is 48.6 Å². The van der Waals surface area contributed by atoms with E-state index in [4.69, 9.17) is 5.73 Å². The molecule has 2 rings (SSSR count). The van der Waals surface area contributed by atoms with Gasteiger partial charge in [0.2, 0.25) is 0 Å². The van der Waals surface area contributed by atoms with Crippen molar-refractivity contribution in [3.05, 3.63) is 44.4 Å². The molecule has 0 aliphatic rings. The Labute approximate surface area is 140 Å². The van der Waals surface area contributed by atoms with Crippen molar-refractivity contribution in [3.8, 4) is 5.75 Å².